The van der Waals surface area contributed by atoms with Gasteiger partial charge in [0, 0.05) is 23.2 Å². The standard InChI is InChI=1S/C22H21N3O4S/c1-13-19-16(24-25-21(26)18-7-4-12-30-18)5-3-6-17(19)29-20(13)22(27)23-14-8-10-15(28-2)11-9-14/h4,7-12H,3,5-6H2,1-2H3,(H,23,27)(H,25,26)/b24-16+. The zero-order valence-corrected chi connectivity index (χ0v) is 17.5. The van der Waals surface area contributed by atoms with Gasteiger partial charge in [0.05, 0.1) is 17.7 Å². The maximum atomic E-state index is 12.8. The van der Waals surface area contributed by atoms with E-state index in [0.29, 0.717) is 22.7 Å². The van der Waals surface area contributed by atoms with Crippen molar-refractivity contribution in [3.8, 4) is 5.75 Å². The fraction of sp³-hybridized carbons (Fsp3) is 0.227. The van der Waals surface area contributed by atoms with E-state index in [1.54, 1.807) is 37.4 Å². The number of nitrogens with one attached hydrogen (secondary N) is 2. The monoisotopic (exact) mass is 423 g/mol. The van der Waals surface area contributed by atoms with Gasteiger partial charge in [-0.3, -0.25) is 9.59 Å². The first-order valence-corrected chi connectivity index (χ1v) is 10.4. The van der Waals surface area contributed by atoms with Crippen molar-refractivity contribution < 1.29 is 18.7 Å². The molecule has 1 aromatic carbocycles. The summed E-state index contributed by atoms with van der Waals surface area (Å²) in [7, 11) is 1.59. The Balaban J connectivity index is 1.55. The number of nitrogens with zero attached hydrogens (tertiary/aromatic N) is 1. The lowest BCUT2D eigenvalue weighted by molar-refractivity contribution is 0.0957. The number of benzene rings is 1. The normalized spacial score (nSPS) is 14.3. The number of aryl methyl sites for hydroxylation is 1. The SMILES string of the molecule is COc1ccc(NC(=O)c2oc3c(c2C)/C(=N/NC(=O)c2cccs2)CCC3)cc1. The molecule has 0 fully saturated rings. The number of ether oxygens (including phenoxy) is 1. The molecule has 4 rings (SSSR count). The summed E-state index contributed by atoms with van der Waals surface area (Å²) >= 11 is 1.36. The highest BCUT2D eigenvalue weighted by atomic mass is 32.1. The molecule has 0 radical (unpaired) electrons. The summed E-state index contributed by atoms with van der Waals surface area (Å²) in [6, 6.07) is 10.6. The molecule has 0 unspecified atom stereocenters. The third kappa shape index (κ3) is 3.99. The third-order valence-electron chi connectivity index (χ3n) is 4.92. The van der Waals surface area contributed by atoms with Crippen LogP contribution in [0.5, 0.6) is 5.75 Å². The zero-order chi connectivity index (χ0) is 21.1. The van der Waals surface area contributed by atoms with Crippen LogP contribution in [0.1, 0.15) is 50.0 Å². The van der Waals surface area contributed by atoms with Crippen molar-refractivity contribution in [1.29, 1.82) is 0 Å². The van der Waals surface area contributed by atoms with Crippen molar-refractivity contribution in [3.05, 3.63) is 69.3 Å². The minimum atomic E-state index is -0.325. The second-order valence-electron chi connectivity index (χ2n) is 6.87. The molecule has 0 aliphatic heterocycles. The number of hydrogen-bond donors (Lipinski definition) is 2. The highest BCUT2D eigenvalue weighted by Gasteiger charge is 2.28. The molecule has 154 valence electrons. The van der Waals surface area contributed by atoms with E-state index in [2.05, 4.69) is 15.8 Å². The Kier molecular flexibility index (Phi) is 5.67. The van der Waals surface area contributed by atoms with Gasteiger partial charge in [-0.25, -0.2) is 5.43 Å². The van der Waals surface area contributed by atoms with Gasteiger partial charge in [-0.1, -0.05) is 6.07 Å². The van der Waals surface area contributed by atoms with Crippen LogP contribution in [-0.4, -0.2) is 24.6 Å². The van der Waals surface area contributed by atoms with Crippen LogP contribution in [0.3, 0.4) is 0 Å². The Morgan fingerprint density at radius 3 is 2.63 bits per heavy atom. The zero-order valence-electron chi connectivity index (χ0n) is 16.7. The Morgan fingerprint density at radius 1 is 1.13 bits per heavy atom. The first kappa shape index (κ1) is 19.9. The maximum Gasteiger partial charge on any atom is 0.291 e. The smallest absolute Gasteiger partial charge is 0.291 e. The molecule has 0 saturated heterocycles. The number of hydrogen-bond acceptors (Lipinski definition) is 6. The van der Waals surface area contributed by atoms with Crippen LogP contribution in [0.4, 0.5) is 5.69 Å². The average Bonchev–Trinajstić information content (AvgIpc) is 3.41. The Bertz CT molecular complexity index is 1100. The number of anilines is 1. The summed E-state index contributed by atoms with van der Waals surface area (Å²) in [5.41, 5.74) is 5.52. The van der Waals surface area contributed by atoms with Gasteiger partial charge in [0.15, 0.2) is 5.76 Å². The Labute approximate surface area is 177 Å². The number of carbonyl (C=O) groups excluding carboxylic acids is 2. The summed E-state index contributed by atoms with van der Waals surface area (Å²) < 4.78 is 11.0. The second kappa shape index (κ2) is 8.54. The molecule has 0 spiro atoms. The molecule has 0 saturated carbocycles. The van der Waals surface area contributed by atoms with Crippen molar-refractivity contribution in [2.45, 2.75) is 26.2 Å². The van der Waals surface area contributed by atoms with Crippen molar-refractivity contribution in [2.24, 2.45) is 5.10 Å². The summed E-state index contributed by atoms with van der Waals surface area (Å²) in [4.78, 5) is 25.6. The number of furan rings is 1. The second-order valence-corrected chi connectivity index (χ2v) is 7.81. The number of rotatable bonds is 5. The minimum absolute atomic E-state index is 0.247. The number of carbonyl (C=O) groups is 2. The highest BCUT2D eigenvalue weighted by Crippen LogP contribution is 2.30. The van der Waals surface area contributed by atoms with E-state index in [1.807, 2.05) is 18.4 Å². The van der Waals surface area contributed by atoms with Crippen LogP contribution in [-0.2, 0) is 6.42 Å². The molecule has 7 nitrogen and oxygen atoms in total. The van der Waals surface area contributed by atoms with Crippen LogP contribution in [0.15, 0.2) is 51.3 Å². The molecule has 2 aromatic heterocycles. The van der Waals surface area contributed by atoms with Crippen LogP contribution in [0.25, 0.3) is 0 Å². The van der Waals surface area contributed by atoms with Gasteiger partial charge in [-0.2, -0.15) is 5.10 Å². The van der Waals surface area contributed by atoms with Crippen molar-refractivity contribution in [1.82, 2.24) is 5.43 Å². The van der Waals surface area contributed by atoms with Crippen molar-refractivity contribution in [2.75, 3.05) is 12.4 Å². The molecule has 1 aliphatic rings. The van der Waals surface area contributed by atoms with E-state index >= 15 is 0 Å². The van der Waals surface area contributed by atoms with Gasteiger partial charge in [-0.05, 0) is 55.5 Å². The lowest BCUT2D eigenvalue weighted by atomic mass is 9.93. The maximum absolute atomic E-state index is 12.8. The van der Waals surface area contributed by atoms with E-state index in [1.165, 1.54) is 11.3 Å². The van der Waals surface area contributed by atoms with Gasteiger partial charge in [0.1, 0.15) is 11.5 Å². The average molecular weight is 423 g/mol. The lowest BCUT2D eigenvalue weighted by Crippen LogP contribution is -2.21. The van der Waals surface area contributed by atoms with Crippen molar-refractivity contribution >= 4 is 34.6 Å². The summed E-state index contributed by atoms with van der Waals surface area (Å²) in [5.74, 6) is 1.12. The summed E-state index contributed by atoms with van der Waals surface area (Å²) in [6.07, 6.45) is 2.27. The van der Waals surface area contributed by atoms with E-state index in [4.69, 9.17) is 9.15 Å². The molecule has 2 N–H and O–H groups in total. The molecule has 0 bridgehead atoms. The minimum Gasteiger partial charge on any atom is -0.497 e. The van der Waals surface area contributed by atoms with Gasteiger partial charge in [0.2, 0.25) is 0 Å². The molecular weight excluding hydrogens is 402 g/mol. The fourth-order valence-electron chi connectivity index (χ4n) is 3.44. The molecular formula is C22H21N3O4S. The molecule has 30 heavy (non-hydrogen) atoms. The number of fused-ring (bicyclic) bond motifs is 1. The van der Waals surface area contributed by atoms with Crippen LogP contribution >= 0.6 is 11.3 Å². The third-order valence-corrected chi connectivity index (χ3v) is 5.79. The largest absolute Gasteiger partial charge is 0.497 e. The van der Waals surface area contributed by atoms with Crippen LogP contribution < -0.4 is 15.5 Å². The molecule has 8 heteroatoms. The van der Waals surface area contributed by atoms with E-state index in [9.17, 15) is 9.59 Å². The van der Waals surface area contributed by atoms with Crippen molar-refractivity contribution in [3.63, 3.8) is 0 Å². The predicted octanol–water partition coefficient (Wildman–Crippen LogP) is 4.38. The van der Waals surface area contributed by atoms with Gasteiger partial charge >= 0.3 is 0 Å². The topological polar surface area (TPSA) is 92.9 Å². The molecule has 0 atom stereocenters. The number of thiophene rings is 1. The summed E-state index contributed by atoms with van der Waals surface area (Å²) in [6.45, 7) is 1.84. The van der Waals surface area contributed by atoms with Gasteiger partial charge in [-0.15, -0.1) is 11.3 Å². The summed E-state index contributed by atoms with van der Waals surface area (Å²) in [5, 5.41) is 9.02. The molecule has 2 amide bonds. The van der Waals surface area contributed by atoms with Crippen LogP contribution in [0.2, 0.25) is 0 Å². The van der Waals surface area contributed by atoms with Gasteiger partial charge < -0.3 is 14.5 Å². The molecule has 3 aromatic rings. The number of methoxy groups -OCH3 is 1. The first-order valence-electron chi connectivity index (χ1n) is 9.55. The quantitative estimate of drug-likeness (QED) is 0.596. The first-order chi connectivity index (χ1) is 14.6. The fourth-order valence-corrected chi connectivity index (χ4v) is 4.05. The molecule has 2 heterocycles. The Morgan fingerprint density at radius 2 is 1.93 bits per heavy atom. The van der Waals surface area contributed by atoms with E-state index in [-0.39, 0.29) is 17.6 Å². The van der Waals surface area contributed by atoms with E-state index in [0.717, 1.165) is 35.4 Å². The lowest BCUT2D eigenvalue weighted by Gasteiger charge is -2.13. The molecule has 1 aliphatic carbocycles. The number of hydrazone groups is 1. The highest BCUT2D eigenvalue weighted by molar-refractivity contribution is 7.12. The van der Waals surface area contributed by atoms with E-state index < -0.39 is 0 Å². The predicted molar refractivity (Wildman–Crippen MR) is 116 cm³/mol. The Hall–Kier alpha value is -3.39. The van der Waals surface area contributed by atoms with Crippen LogP contribution in [0, 0.1) is 6.92 Å². The van der Waals surface area contributed by atoms with Gasteiger partial charge in [0.25, 0.3) is 11.8 Å². The number of amides is 2.